The van der Waals surface area contributed by atoms with Gasteiger partial charge in [0.15, 0.2) is 0 Å². The summed E-state index contributed by atoms with van der Waals surface area (Å²) in [6, 6.07) is 2.86. The summed E-state index contributed by atoms with van der Waals surface area (Å²) in [5.74, 6) is -1.09. The lowest BCUT2D eigenvalue weighted by molar-refractivity contribution is -0.137. The second-order valence-corrected chi connectivity index (χ2v) is 4.19. The molecular weight excluding hydrogens is 221 g/mol. The van der Waals surface area contributed by atoms with Crippen molar-refractivity contribution in [2.45, 2.75) is 39.2 Å². The summed E-state index contributed by atoms with van der Waals surface area (Å²) >= 11 is 0. The smallest absolute Gasteiger partial charge is 0.303 e. The molecule has 0 heterocycles. The van der Waals surface area contributed by atoms with Crippen molar-refractivity contribution in [3.8, 4) is 0 Å². The average Bonchev–Trinajstić information content (AvgIpc) is 2.26. The first-order chi connectivity index (χ1) is 7.95. The van der Waals surface area contributed by atoms with Crippen LogP contribution in [0.25, 0.3) is 0 Å². The van der Waals surface area contributed by atoms with Crippen LogP contribution in [0, 0.1) is 12.7 Å². The van der Waals surface area contributed by atoms with Gasteiger partial charge < -0.3 is 10.8 Å². The van der Waals surface area contributed by atoms with Crippen LogP contribution in [0.1, 0.15) is 42.5 Å². The van der Waals surface area contributed by atoms with Crippen LogP contribution in [0.4, 0.5) is 4.39 Å². The molecule has 1 aromatic carbocycles. The van der Waals surface area contributed by atoms with Crippen molar-refractivity contribution in [3.05, 3.63) is 34.6 Å². The maximum absolute atomic E-state index is 13.5. The van der Waals surface area contributed by atoms with Gasteiger partial charge in [-0.2, -0.15) is 0 Å². The number of aliphatic carboxylic acids is 1. The predicted molar refractivity (Wildman–Crippen MR) is 64.3 cm³/mol. The highest BCUT2D eigenvalue weighted by atomic mass is 19.1. The quantitative estimate of drug-likeness (QED) is 0.830. The molecule has 0 saturated heterocycles. The summed E-state index contributed by atoms with van der Waals surface area (Å²) in [7, 11) is 0. The average molecular weight is 239 g/mol. The van der Waals surface area contributed by atoms with Gasteiger partial charge in [-0.25, -0.2) is 4.39 Å². The summed E-state index contributed by atoms with van der Waals surface area (Å²) in [5, 5.41) is 8.61. The molecule has 0 amide bonds. The Balaban J connectivity index is 2.92. The number of rotatable bonds is 5. The third-order valence-electron chi connectivity index (χ3n) is 2.88. The van der Waals surface area contributed by atoms with Crippen molar-refractivity contribution >= 4 is 5.97 Å². The minimum atomic E-state index is -0.865. The number of benzene rings is 1. The van der Waals surface area contributed by atoms with Gasteiger partial charge in [-0.1, -0.05) is 13.0 Å². The molecule has 17 heavy (non-hydrogen) atoms. The number of carboxylic acid groups (broad SMARTS) is 1. The number of hydrogen-bond donors (Lipinski definition) is 2. The fourth-order valence-corrected chi connectivity index (χ4v) is 1.84. The number of carboxylic acids is 1. The monoisotopic (exact) mass is 239 g/mol. The molecule has 0 saturated carbocycles. The second-order valence-electron chi connectivity index (χ2n) is 4.19. The summed E-state index contributed by atoms with van der Waals surface area (Å²) in [6.07, 6.45) is 0.995. The molecule has 0 spiro atoms. The van der Waals surface area contributed by atoms with Gasteiger partial charge in [0, 0.05) is 12.5 Å². The second kappa shape index (κ2) is 5.77. The first kappa shape index (κ1) is 13.6. The number of carbonyl (C=O) groups is 1. The lowest BCUT2D eigenvalue weighted by Crippen LogP contribution is -2.14. The van der Waals surface area contributed by atoms with Crippen LogP contribution in [0.15, 0.2) is 12.1 Å². The Morgan fingerprint density at radius 3 is 2.71 bits per heavy atom. The molecule has 3 N–H and O–H groups in total. The molecule has 1 aromatic rings. The predicted octanol–water partition coefficient (Wildman–Crippen LogP) is 2.56. The standard InChI is InChI=1S/C13H18FNO2/c1-3-9-7-10(8(2)6-11(9)14)12(15)4-5-13(16)17/h6-7,12H,3-5,15H2,1-2H3,(H,16,17). The Hall–Kier alpha value is -1.42. The first-order valence-electron chi connectivity index (χ1n) is 5.72. The molecule has 3 nitrogen and oxygen atoms in total. The number of hydrogen-bond acceptors (Lipinski definition) is 2. The normalized spacial score (nSPS) is 12.5. The van der Waals surface area contributed by atoms with E-state index in [0.717, 1.165) is 11.1 Å². The van der Waals surface area contributed by atoms with Crippen molar-refractivity contribution < 1.29 is 14.3 Å². The highest BCUT2D eigenvalue weighted by molar-refractivity contribution is 5.66. The van der Waals surface area contributed by atoms with Crippen molar-refractivity contribution in [1.82, 2.24) is 0 Å². The summed E-state index contributed by atoms with van der Waals surface area (Å²) < 4.78 is 13.5. The maximum atomic E-state index is 13.5. The Morgan fingerprint density at radius 2 is 2.18 bits per heavy atom. The Morgan fingerprint density at radius 1 is 1.53 bits per heavy atom. The molecule has 0 bridgehead atoms. The highest BCUT2D eigenvalue weighted by Crippen LogP contribution is 2.23. The van der Waals surface area contributed by atoms with Gasteiger partial charge in [-0.15, -0.1) is 0 Å². The van der Waals surface area contributed by atoms with Crippen LogP contribution >= 0.6 is 0 Å². The molecule has 0 aliphatic heterocycles. The number of aryl methyl sites for hydroxylation is 2. The topological polar surface area (TPSA) is 63.3 Å². The van der Waals surface area contributed by atoms with Gasteiger partial charge in [0.2, 0.25) is 0 Å². The molecule has 1 rings (SSSR count). The fourth-order valence-electron chi connectivity index (χ4n) is 1.84. The summed E-state index contributed by atoms with van der Waals surface area (Å²) in [5.41, 5.74) is 8.17. The van der Waals surface area contributed by atoms with E-state index < -0.39 is 5.97 Å². The van der Waals surface area contributed by atoms with Gasteiger partial charge in [0.1, 0.15) is 5.82 Å². The Labute approximate surface area is 100 Å². The molecule has 0 aliphatic rings. The molecule has 94 valence electrons. The zero-order valence-corrected chi connectivity index (χ0v) is 10.2. The molecule has 0 aromatic heterocycles. The van der Waals surface area contributed by atoms with E-state index in [1.165, 1.54) is 6.07 Å². The lowest BCUT2D eigenvalue weighted by atomic mass is 9.95. The number of halogens is 1. The van der Waals surface area contributed by atoms with Crippen molar-refractivity contribution in [3.63, 3.8) is 0 Å². The minimum Gasteiger partial charge on any atom is -0.481 e. The highest BCUT2D eigenvalue weighted by Gasteiger charge is 2.13. The van der Waals surface area contributed by atoms with Crippen LogP contribution in [-0.2, 0) is 11.2 Å². The molecular formula is C13H18FNO2. The molecule has 0 fully saturated rings. The van der Waals surface area contributed by atoms with Gasteiger partial charge in [-0.3, -0.25) is 4.79 Å². The summed E-state index contributed by atoms with van der Waals surface area (Å²) in [4.78, 5) is 10.5. The minimum absolute atomic E-state index is 0.0272. The molecule has 1 unspecified atom stereocenters. The van der Waals surface area contributed by atoms with E-state index in [1.54, 1.807) is 13.0 Å². The van der Waals surface area contributed by atoms with Crippen LogP contribution in [0.2, 0.25) is 0 Å². The molecule has 4 heteroatoms. The van der Waals surface area contributed by atoms with E-state index in [1.807, 2.05) is 6.92 Å². The third kappa shape index (κ3) is 3.53. The Kier molecular flexibility index (Phi) is 4.63. The SMILES string of the molecule is CCc1cc(C(N)CCC(=O)O)c(C)cc1F. The summed E-state index contributed by atoms with van der Waals surface area (Å²) in [6.45, 7) is 3.67. The number of nitrogens with two attached hydrogens (primary N) is 1. The molecule has 0 radical (unpaired) electrons. The Bertz CT molecular complexity index is 418. The van der Waals surface area contributed by atoms with E-state index in [9.17, 15) is 9.18 Å². The molecule has 0 aliphatic carbocycles. The van der Waals surface area contributed by atoms with Gasteiger partial charge in [-0.05, 0) is 42.5 Å². The van der Waals surface area contributed by atoms with E-state index in [2.05, 4.69) is 0 Å². The van der Waals surface area contributed by atoms with Gasteiger partial charge >= 0.3 is 5.97 Å². The maximum Gasteiger partial charge on any atom is 0.303 e. The van der Waals surface area contributed by atoms with E-state index in [-0.39, 0.29) is 18.3 Å². The van der Waals surface area contributed by atoms with Crippen molar-refractivity contribution in [2.75, 3.05) is 0 Å². The fraction of sp³-hybridized carbons (Fsp3) is 0.462. The van der Waals surface area contributed by atoms with Crippen molar-refractivity contribution in [1.29, 1.82) is 0 Å². The van der Waals surface area contributed by atoms with E-state index in [0.29, 0.717) is 18.4 Å². The van der Waals surface area contributed by atoms with Crippen molar-refractivity contribution in [2.24, 2.45) is 5.73 Å². The van der Waals surface area contributed by atoms with Crippen LogP contribution in [-0.4, -0.2) is 11.1 Å². The zero-order valence-electron chi connectivity index (χ0n) is 10.2. The van der Waals surface area contributed by atoms with E-state index >= 15 is 0 Å². The zero-order chi connectivity index (χ0) is 13.0. The lowest BCUT2D eigenvalue weighted by Gasteiger charge is -2.15. The van der Waals surface area contributed by atoms with Crippen LogP contribution < -0.4 is 5.73 Å². The van der Waals surface area contributed by atoms with Gasteiger partial charge in [0.05, 0.1) is 0 Å². The molecule has 1 atom stereocenters. The van der Waals surface area contributed by atoms with E-state index in [4.69, 9.17) is 10.8 Å². The largest absolute Gasteiger partial charge is 0.481 e. The van der Waals surface area contributed by atoms with Crippen LogP contribution in [0.3, 0.4) is 0 Å². The van der Waals surface area contributed by atoms with Gasteiger partial charge in [0.25, 0.3) is 0 Å². The van der Waals surface area contributed by atoms with Crippen LogP contribution in [0.5, 0.6) is 0 Å². The third-order valence-corrected chi connectivity index (χ3v) is 2.88. The first-order valence-corrected chi connectivity index (χ1v) is 5.72.